The summed E-state index contributed by atoms with van der Waals surface area (Å²) in [5.74, 6) is 0. The van der Waals surface area contributed by atoms with E-state index in [2.05, 4.69) is 16.0 Å². The minimum atomic E-state index is 0.0249. The van der Waals surface area contributed by atoms with Gasteiger partial charge in [-0.05, 0) is 17.7 Å². The van der Waals surface area contributed by atoms with Crippen molar-refractivity contribution < 1.29 is 5.11 Å². The average molecular weight is 326 g/mol. The summed E-state index contributed by atoms with van der Waals surface area (Å²) in [7, 11) is 0. The van der Waals surface area contributed by atoms with Crippen molar-refractivity contribution in [3.63, 3.8) is 0 Å². The fourth-order valence-corrected chi connectivity index (χ4v) is 2.75. The van der Waals surface area contributed by atoms with E-state index < -0.39 is 0 Å². The molecule has 0 aliphatic carbocycles. The number of fused-ring (bicyclic) bond motifs is 1. The van der Waals surface area contributed by atoms with Crippen molar-refractivity contribution in [2.45, 2.75) is 6.61 Å². The third-order valence-corrected chi connectivity index (χ3v) is 4.14. The third kappa shape index (κ3) is 2.75. The Bertz CT molecular complexity index is 1070. The van der Waals surface area contributed by atoms with Crippen molar-refractivity contribution in [3.05, 3.63) is 78.2 Å². The minimum Gasteiger partial charge on any atom is -0.392 e. The highest BCUT2D eigenvalue weighted by Crippen LogP contribution is 2.24. The van der Waals surface area contributed by atoms with Gasteiger partial charge in [0.05, 0.1) is 42.0 Å². The van der Waals surface area contributed by atoms with E-state index in [0.717, 1.165) is 33.7 Å². The third-order valence-electron chi connectivity index (χ3n) is 4.14. The average Bonchev–Trinajstić information content (AvgIpc) is 3.11. The summed E-state index contributed by atoms with van der Waals surface area (Å²) in [6.45, 7) is 0.0249. The summed E-state index contributed by atoms with van der Waals surface area (Å²) in [6, 6.07) is 17.2. The zero-order valence-electron chi connectivity index (χ0n) is 13.3. The van der Waals surface area contributed by atoms with Gasteiger partial charge in [0.2, 0.25) is 0 Å². The number of nitriles is 1. The molecule has 0 aliphatic rings. The van der Waals surface area contributed by atoms with E-state index in [1.807, 2.05) is 47.0 Å². The second-order valence-electron chi connectivity index (χ2n) is 5.69. The van der Waals surface area contributed by atoms with E-state index in [0.29, 0.717) is 5.56 Å². The molecule has 2 aromatic carbocycles. The molecule has 0 saturated carbocycles. The Kier molecular flexibility index (Phi) is 3.73. The maximum Gasteiger partial charge on any atom is 0.155 e. The number of hydrogen-bond acceptors (Lipinski definition) is 4. The van der Waals surface area contributed by atoms with Gasteiger partial charge in [-0.2, -0.15) is 5.26 Å². The van der Waals surface area contributed by atoms with Gasteiger partial charge in [-0.15, -0.1) is 0 Å². The Hall–Kier alpha value is -3.49. The quantitative estimate of drug-likeness (QED) is 0.626. The molecule has 120 valence electrons. The fraction of sp³-hybridized carbons (Fsp3) is 0.0500. The maximum absolute atomic E-state index is 9.16. The number of rotatable bonds is 3. The van der Waals surface area contributed by atoms with Gasteiger partial charge >= 0.3 is 0 Å². The molecule has 0 atom stereocenters. The van der Waals surface area contributed by atoms with Gasteiger partial charge in [0, 0.05) is 17.3 Å². The normalized spacial score (nSPS) is 10.7. The molecule has 0 saturated heterocycles. The van der Waals surface area contributed by atoms with Gasteiger partial charge in [-0.25, -0.2) is 4.98 Å². The van der Waals surface area contributed by atoms with Gasteiger partial charge in [-0.1, -0.05) is 36.4 Å². The second kappa shape index (κ2) is 6.19. The first kappa shape index (κ1) is 15.1. The molecule has 0 amide bonds. The van der Waals surface area contributed by atoms with Crippen LogP contribution in [0.15, 0.2) is 67.1 Å². The van der Waals surface area contributed by atoms with Crippen LogP contribution in [0, 0.1) is 11.3 Å². The van der Waals surface area contributed by atoms with Crippen LogP contribution < -0.4 is 0 Å². The molecule has 0 radical (unpaired) electrons. The summed E-state index contributed by atoms with van der Waals surface area (Å²) >= 11 is 0. The van der Waals surface area contributed by atoms with Crippen molar-refractivity contribution in [1.82, 2.24) is 14.4 Å². The summed E-state index contributed by atoms with van der Waals surface area (Å²) in [5, 5.41) is 18.1. The number of imidazole rings is 1. The predicted molar refractivity (Wildman–Crippen MR) is 94.5 cm³/mol. The van der Waals surface area contributed by atoms with Crippen LogP contribution in [0.5, 0.6) is 0 Å². The molecular weight excluding hydrogens is 312 g/mol. The zero-order valence-corrected chi connectivity index (χ0v) is 13.3. The largest absolute Gasteiger partial charge is 0.392 e. The number of aliphatic hydroxyl groups is 1. The number of aliphatic hydroxyl groups excluding tert-OH is 1. The molecule has 0 bridgehead atoms. The number of hydrogen-bond donors (Lipinski definition) is 1. The lowest BCUT2D eigenvalue weighted by Gasteiger charge is -2.06. The second-order valence-corrected chi connectivity index (χ2v) is 5.69. The Labute approximate surface area is 144 Å². The Morgan fingerprint density at radius 3 is 2.32 bits per heavy atom. The first-order chi connectivity index (χ1) is 12.3. The molecular formula is C20H14N4O. The highest BCUT2D eigenvalue weighted by atomic mass is 16.3. The van der Waals surface area contributed by atoms with Crippen molar-refractivity contribution in [3.8, 4) is 28.6 Å². The monoisotopic (exact) mass is 326 g/mol. The van der Waals surface area contributed by atoms with Crippen LogP contribution in [0.4, 0.5) is 0 Å². The van der Waals surface area contributed by atoms with Gasteiger partial charge in [0.25, 0.3) is 0 Å². The molecule has 4 rings (SSSR count). The van der Waals surface area contributed by atoms with Crippen LogP contribution in [0.25, 0.3) is 28.2 Å². The van der Waals surface area contributed by atoms with E-state index in [1.54, 1.807) is 24.5 Å². The Balaban J connectivity index is 1.80. The summed E-state index contributed by atoms with van der Waals surface area (Å²) in [6.07, 6.45) is 5.49. The van der Waals surface area contributed by atoms with E-state index in [9.17, 15) is 0 Å². The van der Waals surface area contributed by atoms with Crippen LogP contribution >= 0.6 is 0 Å². The molecule has 5 heteroatoms. The van der Waals surface area contributed by atoms with Gasteiger partial charge in [0.1, 0.15) is 0 Å². The number of aromatic nitrogens is 3. The fourth-order valence-electron chi connectivity index (χ4n) is 2.75. The molecule has 0 spiro atoms. The highest BCUT2D eigenvalue weighted by molar-refractivity contribution is 5.67. The minimum absolute atomic E-state index is 0.0249. The Morgan fingerprint density at radius 1 is 0.920 bits per heavy atom. The van der Waals surface area contributed by atoms with Crippen LogP contribution in [0.2, 0.25) is 0 Å². The highest BCUT2D eigenvalue weighted by Gasteiger charge is 2.08. The molecule has 2 aromatic heterocycles. The van der Waals surface area contributed by atoms with Crippen LogP contribution in [-0.4, -0.2) is 19.5 Å². The number of benzene rings is 2. The number of nitrogens with zero attached hydrogens (tertiary/aromatic N) is 4. The summed E-state index contributed by atoms with van der Waals surface area (Å²) < 4.78 is 1.99. The Morgan fingerprint density at radius 2 is 1.64 bits per heavy atom. The molecule has 0 fully saturated rings. The van der Waals surface area contributed by atoms with Crippen molar-refractivity contribution >= 4 is 5.65 Å². The van der Waals surface area contributed by atoms with E-state index >= 15 is 0 Å². The molecule has 2 heterocycles. The van der Waals surface area contributed by atoms with Crippen LogP contribution in [0.3, 0.4) is 0 Å². The SMILES string of the molecule is N#Cc1ccc(-c2cnc3cnc(-c4ccc(CO)cc4)cn23)cc1. The predicted octanol–water partition coefficient (Wildman–Crippen LogP) is 3.43. The van der Waals surface area contributed by atoms with Crippen LogP contribution in [0.1, 0.15) is 11.1 Å². The standard InChI is InChI=1S/C20H14N4O/c21-9-14-1-7-17(8-2-14)19-10-23-20-11-22-18(12-24(19)20)16-5-3-15(13-25)4-6-16/h1-8,10-12,25H,13H2. The topological polar surface area (TPSA) is 74.2 Å². The lowest BCUT2D eigenvalue weighted by molar-refractivity contribution is 0.282. The lowest BCUT2D eigenvalue weighted by Crippen LogP contribution is -1.93. The van der Waals surface area contributed by atoms with E-state index in [-0.39, 0.29) is 6.61 Å². The van der Waals surface area contributed by atoms with Crippen molar-refractivity contribution in [2.24, 2.45) is 0 Å². The zero-order chi connectivity index (χ0) is 17.2. The molecule has 0 unspecified atom stereocenters. The van der Waals surface area contributed by atoms with E-state index in [1.165, 1.54) is 0 Å². The maximum atomic E-state index is 9.16. The van der Waals surface area contributed by atoms with Gasteiger partial charge < -0.3 is 5.11 Å². The summed E-state index contributed by atoms with van der Waals surface area (Å²) in [5.41, 5.74) is 5.97. The molecule has 1 N–H and O–H groups in total. The first-order valence-corrected chi connectivity index (χ1v) is 7.82. The summed E-state index contributed by atoms with van der Waals surface area (Å²) in [4.78, 5) is 8.88. The molecule has 25 heavy (non-hydrogen) atoms. The van der Waals surface area contributed by atoms with Gasteiger partial charge in [0.15, 0.2) is 5.65 Å². The van der Waals surface area contributed by atoms with Crippen molar-refractivity contribution in [2.75, 3.05) is 0 Å². The van der Waals surface area contributed by atoms with Crippen molar-refractivity contribution in [1.29, 1.82) is 5.26 Å². The smallest absolute Gasteiger partial charge is 0.155 e. The van der Waals surface area contributed by atoms with Crippen LogP contribution in [-0.2, 0) is 6.61 Å². The molecule has 0 aliphatic heterocycles. The first-order valence-electron chi connectivity index (χ1n) is 7.82. The van der Waals surface area contributed by atoms with E-state index in [4.69, 9.17) is 10.4 Å². The molecule has 5 nitrogen and oxygen atoms in total. The molecule has 4 aromatic rings. The lowest BCUT2D eigenvalue weighted by atomic mass is 10.1. The van der Waals surface area contributed by atoms with Gasteiger partial charge in [-0.3, -0.25) is 9.38 Å².